The molecule has 0 fully saturated rings. The number of hydrogen-bond donors (Lipinski definition) is 2. The van der Waals surface area contributed by atoms with Crippen LogP contribution in [-0.2, 0) is 17.8 Å². The number of aryl methyl sites for hydroxylation is 2. The van der Waals surface area contributed by atoms with E-state index in [0.29, 0.717) is 17.9 Å². The molecule has 0 saturated carbocycles. The highest BCUT2D eigenvalue weighted by molar-refractivity contribution is 5.88. The van der Waals surface area contributed by atoms with Crippen molar-refractivity contribution in [1.29, 1.82) is 0 Å². The Morgan fingerprint density at radius 3 is 2.59 bits per heavy atom. The van der Waals surface area contributed by atoms with Gasteiger partial charge in [0.15, 0.2) is 0 Å². The molecule has 0 aliphatic rings. The lowest BCUT2D eigenvalue weighted by Crippen LogP contribution is -2.22. The van der Waals surface area contributed by atoms with Gasteiger partial charge in [0.25, 0.3) is 0 Å². The van der Waals surface area contributed by atoms with Crippen molar-refractivity contribution in [2.75, 3.05) is 0 Å². The quantitative estimate of drug-likeness (QED) is 0.824. The van der Waals surface area contributed by atoms with Crippen molar-refractivity contribution in [2.45, 2.75) is 32.7 Å². The first-order chi connectivity index (χ1) is 10.6. The maximum Gasteiger partial charge on any atom is 0.339 e. The maximum atomic E-state index is 11.8. The van der Waals surface area contributed by atoms with Crippen LogP contribution in [0, 0.1) is 6.92 Å². The summed E-state index contributed by atoms with van der Waals surface area (Å²) in [5.74, 6) is -0.296. The third-order valence-corrected chi connectivity index (χ3v) is 3.37. The molecular weight excluding hydrogens is 282 g/mol. The van der Waals surface area contributed by atoms with Crippen molar-refractivity contribution in [2.24, 2.45) is 0 Å². The Bertz CT molecular complexity index is 646. The zero-order valence-electron chi connectivity index (χ0n) is 12.5. The number of carboxylic acid groups (broad SMARTS) is 1. The molecule has 0 unspecified atom stereocenters. The summed E-state index contributed by atoms with van der Waals surface area (Å²) in [7, 11) is 0. The molecule has 22 heavy (non-hydrogen) atoms. The number of carboxylic acids is 1. The number of carbonyl (C=O) groups is 2. The van der Waals surface area contributed by atoms with Gasteiger partial charge in [0.2, 0.25) is 5.91 Å². The average molecular weight is 301 g/mol. The first kappa shape index (κ1) is 15.8. The van der Waals surface area contributed by atoms with E-state index in [2.05, 4.69) is 5.32 Å². The van der Waals surface area contributed by atoms with Gasteiger partial charge in [0.05, 0.1) is 6.54 Å². The predicted molar refractivity (Wildman–Crippen MR) is 81.6 cm³/mol. The van der Waals surface area contributed by atoms with E-state index in [0.717, 1.165) is 12.8 Å². The fourth-order valence-electron chi connectivity index (χ4n) is 2.21. The lowest BCUT2D eigenvalue weighted by Gasteiger charge is -2.03. The molecule has 1 aromatic carbocycles. The summed E-state index contributed by atoms with van der Waals surface area (Å²) in [6.45, 7) is 1.80. The Morgan fingerprint density at radius 2 is 1.95 bits per heavy atom. The van der Waals surface area contributed by atoms with E-state index in [4.69, 9.17) is 9.52 Å². The van der Waals surface area contributed by atoms with Crippen molar-refractivity contribution < 1.29 is 19.1 Å². The molecule has 2 rings (SSSR count). The number of rotatable bonds is 7. The molecule has 2 N–H and O–H groups in total. The summed E-state index contributed by atoms with van der Waals surface area (Å²) >= 11 is 0. The van der Waals surface area contributed by atoms with Gasteiger partial charge in [-0.15, -0.1) is 0 Å². The highest BCUT2D eigenvalue weighted by Crippen LogP contribution is 2.14. The molecule has 0 aliphatic carbocycles. The minimum absolute atomic E-state index is 0.0677. The van der Waals surface area contributed by atoms with Crippen LogP contribution in [-0.4, -0.2) is 17.0 Å². The summed E-state index contributed by atoms with van der Waals surface area (Å²) in [6, 6.07) is 11.5. The van der Waals surface area contributed by atoms with E-state index in [1.165, 1.54) is 11.6 Å². The number of carbonyl (C=O) groups excluding carboxylic acids is 1. The molecule has 116 valence electrons. The molecular formula is C17H19NO4. The Morgan fingerprint density at radius 1 is 1.23 bits per heavy atom. The van der Waals surface area contributed by atoms with Gasteiger partial charge in [-0.1, -0.05) is 30.3 Å². The van der Waals surface area contributed by atoms with Crippen molar-refractivity contribution in [3.63, 3.8) is 0 Å². The van der Waals surface area contributed by atoms with Crippen LogP contribution in [0.25, 0.3) is 0 Å². The lowest BCUT2D eigenvalue weighted by atomic mass is 10.1. The van der Waals surface area contributed by atoms with Gasteiger partial charge in [0.1, 0.15) is 17.1 Å². The minimum atomic E-state index is -1.03. The first-order valence-electron chi connectivity index (χ1n) is 7.19. The van der Waals surface area contributed by atoms with Crippen molar-refractivity contribution in [3.05, 3.63) is 59.0 Å². The second-order valence-corrected chi connectivity index (χ2v) is 5.10. The summed E-state index contributed by atoms with van der Waals surface area (Å²) in [6.07, 6.45) is 2.06. The molecule has 1 aromatic heterocycles. The minimum Gasteiger partial charge on any atom is -0.478 e. The van der Waals surface area contributed by atoms with E-state index in [9.17, 15) is 9.59 Å². The zero-order valence-corrected chi connectivity index (χ0v) is 12.5. The Kier molecular flexibility index (Phi) is 5.36. The van der Waals surface area contributed by atoms with E-state index >= 15 is 0 Å². The number of amides is 1. The van der Waals surface area contributed by atoms with Gasteiger partial charge in [-0.3, -0.25) is 4.79 Å². The van der Waals surface area contributed by atoms with Crippen LogP contribution in [0.1, 0.15) is 40.3 Å². The number of nitrogens with one attached hydrogen (secondary N) is 1. The maximum absolute atomic E-state index is 11.8. The highest BCUT2D eigenvalue weighted by Gasteiger charge is 2.13. The van der Waals surface area contributed by atoms with Gasteiger partial charge in [-0.2, -0.15) is 0 Å². The molecule has 0 atom stereocenters. The largest absolute Gasteiger partial charge is 0.478 e. The standard InChI is InChI=1S/C17H19NO4/c1-12-15(17(20)21)10-14(22-12)11-18-16(19)9-5-8-13-6-3-2-4-7-13/h2-4,6-7,10H,5,8-9,11H2,1H3,(H,18,19)(H,20,21). The Labute approximate surface area is 129 Å². The molecule has 5 nitrogen and oxygen atoms in total. The molecule has 0 radical (unpaired) electrons. The normalized spacial score (nSPS) is 10.4. The lowest BCUT2D eigenvalue weighted by molar-refractivity contribution is -0.121. The fraction of sp³-hybridized carbons (Fsp3) is 0.294. The fourth-order valence-corrected chi connectivity index (χ4v) is 2.21. The monoisotopic (exact) mass is 301 g/mol. The molecule has 5 heteroatoms. The van der Waals surface area contributed by atoms with E-state index in [1.54, 1.807) is 6.92 Å². The molecule has 0 saturated heterocycles. The van der Waals surface area contributed by atoms with E-state index < -0.39 is 5.97 Å². The summed E-state index contributed by atoms with van der Waals surface area (Å²) in [4.78, 5) is 22.7. The molecule has 0 spiro atoms. The van der Waals surface area contributed by atoms with E-state index in [-0.39, 0.29) is 18.0 Å². The third kappa shape index (κ3) is 4.48. The van der Waals surface area contributed by atoms with Crippen molar-refractivity contribution in [1.82, 2.24) is 5.32 Å². The zero-order chi connectivity index (χ0) is 15.9. The van der Waals surface area contributed by atoms with E-state index in [1.807, 2.05) is 30.3 Å². The van der Waals surface area contributed by atoms with Gasteiger partial charge in [-0.25, -0.2) is 4.79 Å². The summed E-state index contributed by atoms with van der Waals surface area (Å²) in [5, 5.41) is 11.7. The molecule has 0 aliphatic heterocycles. The van der Waals surface area contributed by atoms with Crippen LogP contribution >= 0.6 is 0 Å². The second kappa shape index (κ2) is 7.45. The van der Waals surface area contributed by atoms with Gasteiger partial charge in [0, 0.05) is 6.42 Å². The molecule has 1 amide bonds. The predicted octanol–water partition coefficient (Wildman–Crippen LogP) is 2.93. The number of hydrogen-bond acceptors (Lipinski definition) is 3. The van der Waals surface area contributed by atoms with Crippen LogP contribution in [0.5, 0.6) is 0 Å². The third-order valence-electron chi connectivity index (χ3n) is 3.37. The van der Waals surface area contributed by atoms with Crippen molar-refractivity contribution in [3.8, 4) is 0 Å². The van der Waals surface area contributed by atoms with Crippen LogP contribution in [0.4, 0.5) is 0 Å². The SMILES string of the molecule is Cc1oc(CNC(=O)CCCc2ccccc2)cc1C(=O)O. The van der Waals surface area contributed by atoms with Gasteiger partial charge < -0.3 is 14.8 Å². The second-order valence-electron chi connectivity index (χ2n) is 5.10. The number of furan rings is 1. The smallest absolute Gasteiger partial charge is 0.339 e. The average Bonchev–Trinajstić information content (AvgIpc) is 2.87. The number of benzene rings is 1. The van der Waals surface area contributed by atoms with Crippen LogP contribution in [0.15, 0.2) is 40.8 Å². The molecule has 1 heterocycles. The summed E-state index contributed by atoms with van der Waals surface area (Å²) in [5.41, 5.74) is 1.34. The van der Waals surface area contributed by atoms with Crippen LogP contribution in [0.2, 0.25) is 0 Å². The van der Waals surface area contributed by atoms with Crippen LogP contribution in [0.3, 0.4) is 0 Å². The highest BCUT2D eigenvalue weighted by atomic mass is 16.4. The van der Waals surface area contributed by atoms with Gasteiger partial charge >= 0.3 is 5.97 Å². The van der Waals surface area contributed by atoms with Gasteiger partial charge in [-0.05, 0) is 31.4 Å². The topological polar surface area (TPSA) is 79.5 Å². The molecule has 0 bridgehead atoms. The van der Waals surface area contributed by atoms with Crippen LogP contribution < -0.4 is 5.32 Å². The number of aromatic carboxylic acids is 1. The van der Waals surface area contributed by atoms with Crippen molar-refractivity contribution >= 4 is 11.9 Å². The first-order valence-corrected chi connectivity index (χ1v) is 7.19. The summed E-state index contributed by atoms with van der Waals surface area (Å²) < 4.78 is 5.30. The Balaban J connectivity index is 1.73. The Hall–Kier alpha value is -2.56. The molecule has 2 aromatic rings.